The fourth-order valence-corrected chi connectivity index (χ4v) is 2.30. The van der Waals surface area contributed by atoms with Gasteiger partial charge in [-0.3, -0.25) is 0 Å². The quantitative estimate of drug-likeness (QED) is 0.717. The Hall–Kier alpha value is -2.06. The summed E-state index contributed by atoms with van der Waals surface area (Å²) in [7, 11) is 0. The van der Waals surface area contributed by atoms with Crippen LogP contribution in [0, 0.1) is 6.92 Å². The van der Waals surface area contributed by atoms with Crippen molar-refractivity contribution in [1.82, 2.24) is 9.97 Å². The third-order valence-corrected chi connectivity index (χ3v) is 3.36. The Balaban J connectivity index is 2.03. The molecule has 1 N–H and O–H groups in total. The Morgan fingerprint density at radius 1 is 1.05 bits per heavy atom. The van der Waals surface area contributed by atoms with Crippen LogP contribution in [-0.2, 0) is 0 Å². The lowest BCUT2D eigenvalue weighted by molar-refractivity contribution is 1.31. The first-order valence-corrected chi connectivity index (χ1v) is 6.49. The van der Waals surface area contributed by atoms with E-state index in [0.717, 1.165) is 22.6 Å². The van der Waals surface area contributed by atoms with Gasteiger partial charge in [0.1, 0.15) is 5.82 Å². The highest BCUT2D eigenvalue weighted by molar-refractivity contribution is 6.33. The van der Waals surface area contributed by atoms with E-state index < -0.39 is 0 Å². The zero-order chi connectivity index (χ0) is 13.2. The molecule has 0 fully saturated rings. The Morgan fingerprint density at radius 3 is 2.68 bits per heavy atom. The summed E-state index contributed by atoms with van der Waals surface area (Å²) < 4.78 is 0. The van der Waals surface area contributed by atoms with E-state index in [-0.39, 0.29) is 0 Å². The van der Waals surface area contributed by atoms with Crippen molar-refractivity contribution in [2.24, 2.45) is 0 Å². The number of benzene rings is 2. The molecule has 0 saturated carbocycles. The van der Waals surface area contributed by atoms with Crippen molar-refractivity contribution in [3.05, 3.63) is 65.3 Å². The standard InChI is InChI=1S/C16H13ClN2/c1-11-5-4-6-12(9-11)15-10-18-16(19-15)13-7-2-3-8-14(13)17/h2-10H,1H3,(H,18,19). The second kappa shape index (κ2) is 4.90. The van der Waals surface area contributed by atoms with Crippen molar-refractivity contribution < 1.29 is 0 Å². The van der Waals surface area contributed by atoms with Gasteiger partial charge >= 0.3 is 0 Å². The monoisotopic (exact) mass is 268 g/mol. The van der Waals surface area contributed by atoms with Crippen molar-refractivity contribution in [2.75, 3.05) is 0 Å². The van der Waals surface area contributed by atoms with Gasteiger partial charge in [-0.05, 0) is 30.7 Å². The maximum atomic E-state index is 6.18. The Labute approximate surface area is 117 Å². The molecule has 0 saturated heterocycles. The fraction of sp³-hybridized carbons (Fsp3) is 0.0625. The zero-order valence-electron chi connectivity index (χ0n) is 10.5. The molecule has 0 atom stereocenters. The van der Waals surface area contributed by atoms with Crippen LogP contribution in [-0.4, -0.2) is 9.97 Å². The minimum atomic E-state index is 0.702. The molecule has 0 bridgehead atoms. The summed E-state index contributed by atoms with van der Waals surface area (Å²) in [5.74, 6) is 0.794. The molecule has 1 heterocycles. The van der Waals surface area contributed by atoms with Gasteiger partial charge in [-0.25, -0.2) is 4.98 Å². The second-order valence-corrected chi connectivity index (χ2v) is 4.90. The maximum absolute atomic E-state index is 6.18. The molecule has 2 aromatic carbocycles. The van der Waals surface area contributed by atoms with Crippen molar-refractivity contribution in [2.45, 2.75) is 6.92 Å². The second-order valence-electron chi connectivity index (χ2n) is 4.49. The average Bonchev–Trinajstić information content (AvgIpc) is 2.89. The van der Waals surface area contributed by atoms with Gasteiger partial charge in [0.2, 0.25) is 0 Å². The van der Waals surface area contributed by atoms with Gasteiger partial charge in [0.25, 0.3) is 0 Å². The molecule has 0 aliphatic rings. The smallest absolute Gasteiger partial charge is 0.139 e. The van der Waals surface area contributed by atoms with Crippen molar-refractivity contribution >= 4 is 11.6 Å². The van der Waals surface area contributed by atoms with Crippen LogP contribution in [0.4, 0.5) is 0 Å². The van der Waals surface area contributed by atoms with Gasteiger partial charge in [0.15, 0.2) is 0 Å². The number of H-pyrrole nitrogens is 1. The Kier molecular flexibility index (Phi) is 3.10. The van der Waals surface area contributed by atoms with Gasteiger partial charge in [-0.15, -0.1) is 0 Å². The fourth-order valence-electron chi connectivity index (χ4n) is 2.07. The van der Waals surface area contributed by atoms with Gasteiger partial charge in [-0.2, -0.15) is 0 Å². The van der Waals surface area contributed by atoms with Crippen LogP contribution >= 0.6 is 11.6 Å². The summed E-state index contributed by atoms with van der Waals surface area (Å²) in [6.07, 6.45) is 1.84. The first-order chi connectivity index (χ1) is 9.24. The number of nitrogens with one attached hydrogen (secondary N) is 1. The van der Waals surface area contributed by atoms with Crippen LogP contribution in [0.3, 0.4) is 0 Å². The van der Waals surface area contributed by atoms with Crippen LogP contribution in [0.1, 0.15) is 5.56 Å². The largest absolute Gasteiger partial charge is 0.338 e. The molecule has 0 unspecified atom stereocenters. The van der Waals surface area contributed by atoms with Gasteiger partial charge < -0.3 is 4.98 Å². The number of aryl methyl sites for hydroxylation is 1. The first kappa shape index (κ1) is 12.0. The van der Waals surface area contributed by atoms with Crippen LogP contribution in [0.2, 0.25) is 5.02 Å². The average molecular weight is 269 g/mol. The van der Waals surface area contributed by atoms with E-state index in [1.807, 2.05) is 36.5 Å². The predicted octanol–water partition coefficient (Wildman–Crippen LogP) is 4.71. The highest BCUT2D eigenvalue weighted by Gasteiger charge is 2.08. The summed E-state index contributed by atoms with van der Waals surface area (Å²) in [5.41, 5.74) is 4.28. The van der Waals surface area contributed by atoms with Gasteiger partial charge in [-0.1, -0.05) is 47.5 Å². The number of aromatic nitrogens is 2. The molecule has 3 heteroatoms. The van der Waals surface area contributed by atoms with Crippen LogP contribution in [0.25, 0.3) is 22.6 Å². The van der Waals surface area contributed by atoms with E-state index in [9.17, 15) is 0 Å². The maximum Gasteiger partial charge on any atom is 0.139 e. The highest BCUT2D eigenvalue weighted by Crippen LogP contribution is 2.27. The number of hydrogen-bond acceptors (Lipinski definition) is 1. The molecule has 3 aromatic rings. The zero-order valence-corrected chi connectivity index (χ0v) is 11.3. The summed E-state index contributed by atoms with van der Waals surface area (Å²) in [6.45, 7) is 2.08. The molecule has 0 amide bonds. The SMILES string of the molecule is Cc1cccc(-c2cnc(-c3ccccc3Cl)[nH]2)c1. The summed E-state index contributed by atoms with van der Waals surface area (Å²) in [5, 5.41) is 0.702. The van der Waals surface area contributed by atoms with Crippen molar-refractivity contribution in [1.29, 1.82) is 0 Å². The number of hydrogen-bond donors (Lipinski definition) is 1. The third kappa shape index (κ3) is 2.40. The Morgan fingerprint density at radius 2 is 1.89 bits per heavy atom. The first-order valence-electron chi connectivity index (χ1n) is 6.11. The molecule has 19 heavy (non-hydrogen) atoms. The number of imidazole rings is 1. The number of halogens is 1. The molecule has 3 rings (SSSR count). The topological polar surface area (TPSA) is 28.7 Å². The number of aromatic amines is 1. The molecular formula is C16H13ClN2. The summed E-state index contributed by atoms with van der Waals surface area (Å²) in [4.78, 5) is 7.73. The van der Waals surface area contributed by atoms with E-state index in [1.165, 1.54) is 5.56 Å². The third-order valence-electron chi connectivity index (χ3n) is 3.03. The van der Waals surface area contributed by atoms with E-state index in [2.05, 4.69) is 35.1 Å². The van der Waals surface area contributed by atoms with Crippen LogP contribution in [0.15, 0.2) is 54.7 Å². The van der Waals surface area contributed by atoms with E-state index >= 15 is 0 Å². The molecule has 0 radical (unpaired) electrons. The van der Waals surface area contributed by atoms with Crippen molar-refractivity contribution in [3.8, 4) is 22.6 Å². The number of nitrogens with zero attached hydrogens (tertiary/aromatic N) is 1. The number of rotatable bonds is 2. The predicted molar refractivity (Wildman–Crippen MR) is 79.2 cm³/mol. The van der Waals surface area contributed by atoms with Crippen LogP contribution in [0.5, 0.6) is 0 Å². The highest BCUT2D eigenvalue weighted by atomic mass is 35.5. The molecule has 1 aromatic heterocycles. The molecule has 0 spiro atoms. The summed E-state index contributed by atoms with van der Waals surface area (Å²) in [6, 6.07) is 16.0. The molecule has 0 aliphatic carbocycles. The molecule has 2 nitrogen and oxygen atoms in total. The molecular weight excluding hydrogens is 256 g/mol. The van der Waals surface area contributed by atoms with E-state index in [1.54, 1.807) is 0 Å². The Bertz CT molecular complexity index is 716. The normalized spacial score (nSPS) is 10.6. The lowest BCUT2D eigenvalue weighted by Crippen LogP contribution is -1.82. The van der Waals surface area contributed by atoms with Crippen LogP contribution < -0.4 is 0 Å². The summed E-state index contributed by atoms with van der Waals surface area (Å²) >= 11 is 6.18. The van der Waals surface area contributed by atoms with E-state index in [4.69, 9.17) is 11.6 Å². The lowest BCUT2D eigenvalue weighted by atomic mass is 10.1. The van der Waals surface area contributed by atoms with E-state index in [0.29, 0.717) is 5.02 Å². The molecule has 94 valence electrons. The molecule has 0 aliphatic heterocycles. The van der Waals surface area contributed by atoms with Gasteiger partial charge in [0.05, 0.1) is 16.9 Å². The van der Waals surface area contributed by atoms with Gasteiger partial charge in [0, 0.05) is 5.56 Å². The lowest BCUT2D eigenvalue weighted by Gasteiger charge is -2.01. The minimum Gasteiger partial charge on any atom is -0.338 e. The minimum absolute atomic E-state index is 0.702. The van der Waals surface area contributed by atoms with Crippen molar-refractivity contribution in [3.63, 3.8) is 0 Å².